The van der Waals surface area contributed by atoms with E-state index in [1.54, 1.807) is 11.3 Å². The second kappa shape index (κ2) is 10.4. The van der Waals surface area contributed by atoms with E-state index in [0.29, 0.717) is 18.0 Å². The molecule has 0 bridgehead atoms. The number of ether oxygens (including phenoxy) is 2. The molecule has 1 amide bonds. The summed E-state index contributed by atoms with van der Waals surface area (Å²) in [6.45, 7) is 2.88. The molecule has 2 N–H and O–H groups in total. The Morgan fingerprint density at radius 1 is 1.10 bits per heavy atom. The zero-order chi connectivity index (χ0) is 20.6. The summed E-state index contributed by atoms with van der Waals surface area (Å²) in [5.74, 6) is 1.35. The normalized spacial score (nSPS) is 16.9. The van der Waals surface area contributed by atoms with E-state index >= 15 is 0 Å². The van der Waals surface area contributed by atoms with Crippen molar-refractivity contribution < 1.29 is 19.2 Å². The first-order chi connectivity index (χ1) is 14.8. The summed E-state index contributed by atoms with van der Waals surface area (Å²) in [5.41, 5.74) is 0.680. The number of carbonyl (C=O) groups is 1. The lowest BCUT2D eigenvalue weighted by Gasteiger charge is -2.22. The molecule has 0 aliphatic carbocycles. The standard InChI is InChI=1S/C24H26N2O3S/c27-24(18-26(16-20-10-6-14-28-20)17-21-11-7-15-30-21)25-22-12-4-5-13-23(22)29-19-8-2-1-3-9-19/h1-5,7-9,11-13,15,20H,6,10,14,16-18H2,(H,25,27)/p+1/t20-/m0/s1. The van der Waals surface area contributed by atoms with Crippen molar-refractivity contribution in [1.29, 1.82) is 0 Å². The van der Waals surface area contributed by atoms with Gasteiger partial charge in [-0.25, -0.2) is 0 Å². The maximum atomic E-state index is 12.9. The number of carbonyl (C=O) groups excluding carboxylic acids is 1. The molecule has 5 nitrogen and oxygen atoms in total. The zero-order valence-corrected chi connectivity index (χ0v) is 17.7. The van der Waals surface area contributed by atoms with Crippen molar-refractivity contribution in [2.24, 2.45) is 0 Å². The summed E-state index contributed by atoms with van der Waals surface area (Å²) >= 11 is 1.73. The van der Waals surface area contributed by atoms with E-state index in [1.165, 1.54) is 9.78 Å². The third-order valence-electron chi connectivity index (χ3n) is 5.09. The quantitative estimate of drug-likeness (QED) is 0.551. The third-order valence-corrected chi connectivity index (χ3v) is 5.96. The van der Waals surface area contributed by atoms with Crippen LogP contribution in [0.2, 0.25) is 0 Å². The molecule has 4 rings (SSSR count). The predicted octanol–water partition coefficient (Wildman–Crippen LogP) is 3.74. The summed E-state index contributed by atoms with van der Waals surface area (Å²) in [6, 6.07) is 21.3. The highest BCUT2D eigenvalue weighted by Crippen LogP contribution is 2.28. The first-order valence-corrected chi connectivity index (χ1v) is 11.2. The minimum atomic E-state index is -0.0244. The van der Waals surface area contributed by atoms with E-state index in [2.05, 4.69) is 22.8 Å². The molecule has 2 heterocycles. The molecule has 1 saturated heterocycles. The zero-order valence-electron chi connectivity index (χ0n) is 16.9. The van der Waals surface area contributed by atoms with Gasteiger partial charge in [0.25, 0.3) is 5.91 Å². The number of para-hydroxylation sites is 3. The van der Waals surface area contributed by atoms with Gasteiger partial charge in [-0.2, -0.15) is 0 Å². The number of hydrogen-bond donors (Lipinski definition) is 2. The monoisotopic (exact) mass is 423 g/mol. The van der Waals surface area contributed by atoms with Crippen LogP contribution in [0.5, 0.6) is 11.5 Å². The molecule has 30 heavy (non-hydrogen) atoms. The van der Waals surface area contributed by atoms with Crippen LogP contribution in [0.15, 0.2) is 72.1 Å². The summed E-state index contributed by atoms with van der Waals surface area (Å²) in [6.07, 6.45) is 2.41. The molecule has 3 aromatic rings. The molecule has 2 aromatic carbocycles. The van der Waals surface area contributed by atoms with E-state index in [9.17, 15) is 4.79 Å². The molecule has 0 radical (unpaired) electrons. The lowest BCUT2D eigenvalue weighted by molar-refractivity contribution is -0.908. The first-order valence-electron chi connectivity index (χ1n) is 10.4. The number of rotatable bonds is 9. The number of quaternary nitrogens is 1. The van der Waals surface area contributed by atoms with Gasteiger partial charge in [-0.15, -0.1) is 11.3 Å². The summed E-state index contributed by atoms with van der Waals surface area (Å²) in [7, 11) is 0. The molecule has 1 unspecified atom stereocenters. The lowest BCUT2D eigenvalue weighted by atomic mass is 10.2. The van der Waals surface area contributed by atoms with Gasteiger partial charge >= 0.3 is 0 Å². The van der Waals surface area contributed by atoms with Gasteiger partial charge in [0.15, 0.2) is 12.3 Å². The van der Waals surface area contributed by atoms with E-state index < -0.39 is 0 Å². The molecule has 156 valence electrons. The van der Waals surface area contributed by atoms with Gasteiger partial charge < -0.3 is 19.7 Å². The molecule has 1 aliphatic heterocycles. The number of anilines is 1. The fourth-order valence-corrected chi connectivity index (χ4v) is 4.47. The van der Waals surface area contributed by atoms with Crippen LogP contribution < -0.4 is 15.0 Å². The number of hydrogen-bond acceptors (Lipinski definition) is 4. The Hall–Kier alpha value is -2.67. The number of thiophene rings is 1. The Labute approximate surface area is 181 Å². The number of amides is 1. The highest BCUT2D eigenvalue weighted by molar-refractivity contribution is 7.09. The van der Waals surface area contributed by atoms with Crippen molar-refractivity contribution in [2.45, 2.75) is 25.5 Å². The average Bonchev–Trinajstić information content (AvgIpc) is 3.45. The molecule has 6 heteroatoms. The van der Waals surface area contributed by atoms with Gasteiger partial charge in [0.05, 0.1) is 10.6 Å². The van der Waals surface area contributed by atoms with E-state index in [1.807, 2.05) is 54.6 Å². The van der Waals surface area contributed by atoms with E-state index in [-0.39, 0.29) is 12.0 Å². The van der Waals surface area contributed by atoms with Crippen molar-refractivity contribution >= 4 is 22.9 Å². The fourth-order valence-electron chi connectivity index (χ4n) is 3.69. The number of nitrogens with one attached hydrogen (secondary N) is 2. The number of benzene rings is 2. The van der Waals surface area contributed by atoms with Gasteiger partial charge in [-0.1, -0.05) is 36.4 Å². The Morgan fingerprint density at radius 3 is 2.70 bits per heavy atom. The van der Waals surface area contributed by atoms with Crippen molar-refractivity contribution in [3.05, 3.63) is 77.0 Å². The van der Waals surface area contributed by atoms with Crippen molar-refractivity contribution in [3.63, 3.8) is 0 Å². The molecule has 1 fully saturated rings. The van der Waals surface area contributed by atoms with Crippen LogP contribution in [-0.4, -0.2) is 31.7 Å². The molecule has 2 atom stereocenters. The largest absolute Gasteiger partial charge is 0.455 e. The Morgan fingerprint density at radius 2 is 1.93 bits per heavy atom. The topological polar surface area (TPSA) is 52.0 Å². The minimum absolute atomic E-state index is 0.0244. The van der Waals surface area contributed by atoms with Crippen LogP contribution in [0.1, 0.15) is 17.7 Å². The summed E-state index contributed by atoms with van der Waals surface area (Å²) in [5, 5.41) is 5.12. The molecule has 0 saturated carbocycles. The maximum Gasteiger partial charge on any atom is 0.279 e. The maximum absolute atomic E-state index is 12.9. The molecular weight excluding hydrogens is 396 g/mol. The second-order valence-corrected chi connectivity index (χ2v) is 8.51. The molecular formula is C24H27N2O3S+. The smallest absolute Gasteiger partial charge is 0.279 e. The Bertz CT molecular complexity index is 925. The van der Waals surface area contributed by atoms with Crippen LogP contribution in [0, 0.1) is 0 Å². The van der Waals surface area contributed by atoms with Crippen LogP contribution in [0.25, 0.3) is 0 Å². The van der Waals surface area contributed by atoms with Crippen LogP contribution in [0.4, 0.5) is 5.69 Å². The summed E-state index contributed by atoms with van der Waals surface area (Å²) < 4.78 is 11.8. The van der Waals surface area contributed by atoms with Crippen molar-refractivity contribution in [3.8, 4) is 11.5 Å². The highest BCUT2D eigenvalue weighted by Gasteiger charge is 2.24. The minimum Gasteiger partial charge on any atom is -0.455 e. The molecule has 1 aromatic heterocycles. The molecule has 0 spiro atoms. The van der Waals surface area contributed by atoms with Gasteiger partial charge in [0.1, 0.15) is 24.9 Å². The third kappa shape index (κ3) is 5.92. The van der Waals surface area contributed by atoms with Crippen LogP contribution in [0.3, 0.4) is 0 Å². The summed E-state index contributed by atoms with van der Waals surface area (Å²) in [4.78, 5) is 15.4. The van der Waals surface area contributed by atoms with Gasteiger partial charge in [0, 0.05) is 6.61 Å². The Kier molecular flexibility index (Phi) is 7.13. The average molecular weight is 424 g/mol. The highest BCUT2D eigenvalue weighted by atomic mass is 32.1. The van der Waals surface area contributed by atoms with E-state index in [0.717, 1.165) is 38.3 Å². The second-order valence-electron chi connectivity index (χ2n) is 7.48. The lowest BCUT2D eigenvalue weighted by Crippen LogP contribution is -3.12. The van der Waals surface area contributed by atoms with Crippen LogP contribution >= 0.6 is 11.3 Å². The fraction of sp³-hybridized carbons (Fsp3) is 0.292. The van der Waals surface area contributed by atoms with Crippen molar-refractivity contribution in [1.82, 2.24) is 0 Å². The predicted molar refractivity (Wildman–Crippen MR) is 119 cm³/mol. The van der Waals surface area contributed by atoms with E-state index in [4.69, 9.17) is 9.47 Å². The first kappa shape index (κ1) is 20.6. The van der Waals surface area contributed by atoms with Gasteiger partial charge in [-0.3, -0.25) is 4.79 Å². The van der Waals surface area contributed by atoms with Crippen LogP contribution in [-0.2, 0) is 16.1 Å². The van der Waals surface area contributed by atoms with Gasteiger partial charge in [0.2, 0.25) is 0 Å². The SMILES string of the molecule is O=C(C[NH+](Cc1cccs1)C[C@@H]1CCCO1)Nc1ccccc1Oc1ccccc1. The Balaban J connectivity index is 1.41. The van der Waals surface area contributed by atoms with Crippen molar-refractivity contribution in [2.75, 3.05) is 25.0 Å². The molecule has 1 aliphatic rings. The van der Waals surface area contributed by atoms with Gasteiger partial charge in [-0.05, 0) is 48.6 Å².